The smallest absolute Gasteiger partial charge is 0.270 e. The Morgan fingerprint density at radius 2 is 2.17 bits per heavy atom. The first-order valence-electron chi connectivity index (χ1n) is 7.36. The first-order chi connectivity index (χ1) is 11.5. The van der Waals surface area contributed by atoms with E-state index in [1.165, 1.54) is 10.9 Å². The van der Waals surface area contributed by atoms with Gasteiger partial charge in [0, 0.05) is 12.8 Å². The standard InChI is InChI=1S/C15H18N4O5/c16-6-4-2-1-3-5-9-11(14(17)23)18-8-19(9)15-13(22)12(21)10(7-20)24-15/h8,10,12-13,15,20-22H,1-2,4,7H2,(H2,17,23)/t10-,12-,13-,15?/m1/s1. The van der Waals surface area contributed by atoms with Gasteiger partial charge in [0.25, 0.3) is 5.91 Å². The van der Waals surface area contributed by atoms with Gasteiger partial charge in [-0.05, 0) is 12.3 Å². The summed E-state index contributed by atoms with van der Waals surface area (Å²) in [6.07, 6.45) is -2.00. The van der Waals surface area contributed by atoms with Crippen LogP contribution in [0.25, 0.3) is 0 Å². The molecule has 0 saturated carbocycles. The summed E-state index contributed by atoms with van der Waals surface area (Å²) < 4.78 is 6.72. The number of nitrogens with two attached hydrogens (primary N) is 1. The molecule has 1 fully saturated rings. The number of imidazole rings is 1. The molecule has 1 aliphatic heterocycles. The lowest BCUT2D eigenvalue weighted by Gasteiger charge is -2.17. The van der Waals surface area contributed by atoms with Crippen molar-refractivity contribution >= 4 is 5.91 Å². The lowest BCUT2D eigenvalue weighted by Crippen LogP contribution is -2.33. The zero-order valence-corrected chi connectivity index (χ0v) is 12.8. The van der Waals surface area contributed by atoms with Gasteiger partial charge < -0.3 is 25.8 Å². The fraction of sp³-hybridized carbons (Fsp3) is 0.533. The van der Waals surface area contributed by atoms with E-state index in [4.69, 9.17) is 20.8 Å². The van der Waals surface area contributed by atoms with E-state index in [0.29, 0.717) is 19.3 Å². The van der Waals surface area contributed by atoms with Crippen molar-refractivity contribution in [3.63, 3.8) is 0 Å². The van der Waals surface area contributed by atoms with Crippen LogP contribution in [0.2, 0.25) is 0 Å². The highest BCUT2D eigenvalue weighted by Gasteiger charge is 2.44. The van der Waals surface area contributed by atoms with Crippen LogP contribution in [-0.2, 0) is 4.74 Å². The molecule has 1 aromatic heterocycles. The van der Waals surface area contributed by atoms with Crippen molar-refractivity contribution in [1.29, 1.82) is 5.26 Å². The highest BCUT2D eigenvalue weighted by Crippen LogP contribution is 2.30. The number of aliphatic hydroxyl groups excluding tert-OH is 3. The second-order valence-electron chi connectivity index (χ2n) is 5.26. The molecular weight excluding hydrogens is 316 g/mol. The molecular formula is C15H18N4O5. The van der Waals surface area contributed by atoms with Crippen molar-refractivity contribution in [2.24, 2.45) is 5.73 Å². The van der Waals surface area contributed by atoms with Crippen LogP contribution in [-0.4, -0.2) is 55.7 Å². The van der Waals surface area contributed by atoms with Crippen LogP contribution in [0.4, 0.5) is 0 Å². The van der Waals surface area contributed by atoms with Crippen molar-refractivity contribution in [3.8, 4) is 17.9 Å². The highest BCUT2D eigenvalue weighted by molar-refractivity contribution is 5.93. The van der Waals surface area contributed by atoms with Gasteiger partial charge in [-0.3, -0.25) is 9.36 Å². The first-order valence-corrected chi connectivity index (χ1v) is 7.36. The number of carbonyl (C=O) groups excluding carboxylic acids is 1. The predicted molar refractivity (Wildman–Crippen MR) is 80.1 cm³/mol. The molecule has 9 heteroatoms. The van der Waals surface area contributed by atoms with Gasteiger partial charge in [0.05, 0.1) is 19.0 Å². The van der Waals surface area contributed by atoms with Crippen LogP contribution >= 0.6 is 0 Å². The van der Waals surface area contributed by atoms with E-state index in [0.717, 1.165) is 0 Å². The van der Waals surface area contributed by atoms with E-state index in [1.54, 1.807) is 0 Å². The summed E-state index contributed by atoms with van der Waals surface area (Å²) in [5, 5.41) is 37.6. The van der Waals surface area contributed by atoms with Gasteiger partial charge in [0.2, 0.25) is 0 Å². The van der Waals surface area contributed by atoms with Crippen molar-refractivity contribution in [3.05, 3.63) is 17.7 Å². The molecule has 0 radical (unpaired) electrons. The number of nitrogens with zero attached hydrogens (tertiary/aromatic N) is 3. The molecule has 1 amide bonds. The van der Waals surface area contributed by atoms with E-state index in [2.05, 4.69) is 16.8 Å². The van der Waals surface area contributed by atoms with Crippen LogP contribution < -0.4 is 5.73 Å². The summed E-state index contributed by atoms with van der Waals surface area (Å²) in [5.41, 5.74) is 5.34. The normalized spacial score (nSPS) is 25.8. The second-order valence-corrected chi connectivity index (χ2v) is 5.26. The molecule has 2 heterocycles. The number of hydrogen-bond donors (Lipinski definition) is 4. The van der Waals surface area contributed by atoms with Crippen LogP contribution in [0.1, 0.15) is 41.7 Å². The number of aliphatic hydroxyl groups is 3. The molecule has 0 bridgehead atoms. The third-order valence-corrected chi connectivity index (χ3v) is 3.62. The third-order valence-electron chi connectivity index (χ3n) is 3.62. The van der Waals surface area contributed by atoms with Crippen molar-refractivity contribution in [2.75, 3.05) is 6.61 Å². The summed E-state index contributed by atoms with van der Waals surface area (Å²) in [7, 11) is 0. The Bertz CT molecular complexity index is 699. The van der Waals surface area contributed by atoms with Gasteiger partial charge in [-0.25, -0.2) is 4.98 Å². The largest absolute Gasteiger partial charge is 0.394 e. The number of carbonyl (C=O) groups is 1. The summed E-state index contributed by atoms with van der Waals surface area (Å²) in [6, 6.07) is 2.01. The third kappa shape index (κ3) is 3.55. The van der Waals surface area contributed by atoms with Gasteiger partial charge in [0.15, 0.2) is 11.9 Å². The summed E-state index contributed by atoms with van der Waals surface area (Å²) in [6.45, 7) is -0.471. The average molecular weight is 334 g/mol. The maximum atomic E-state index is 11.5. The highest BCUT2D eigenvalue weighted by atomic mass is 16.6. The maximum absolute atomic E-state index is 11.5. The van der Waals surface area contributed by atoms with E-state index < -0.39 is 37.1 Å². The second kappa shape index (κ2) is 7.90. The Labute approximate surface area is 138 Å². The Morgan fingerprint density at radius 1 is 1.42 bits per heavy atom. The number of primary amides is 1. The molecule has 0 aliphatic carbocycles. The van der Waals surface area contributed by atoms with Crippen molar-refractivity contribution < 1.29 is 24.9 Å². The quantitative estimate of drug-likeness (QED) is 0.383. The molecule has 2 rings (SSSR count). The van der Waals surface area contributed by atoms with Gasteiger partial charge in [-0.1, -0.05) is 5.92 Å². The topological polar surface area (TPSA) is 155 Å². The van der Waals surface area contributed by atoms with Gasteiger partial charge in [0.1, 0.15) is 24.0 Å². The fourth-order valence-electron chi connectivity index (χ4n) is 2.37. The van der Waals surface area contributed by atoms with Gasteiger partial charge in [-0.2, -0.15) is 5.26 Å². The van der Waals surface area contributed by atoms with Crippen LogP contribution in [0.5, 0.6) is 0 Å². The Kier molecular flexibility index (Phi) is 5.90. The SMILES string of the molecule is N#CCCCC#Cc1c(C(N)=O)ncn1C1O[C@H](CO)[C@@H](O)[C@H]1O. The number of nitriles is 1. The zero-order valence-electron chi connectivity index (χ0n) is 12.8. The monoisotopic (exact) mass is 334 g/mol. The van der Waals surface area contributed by atoms with Gasteiger partial charge >= 0.3 is 0 Å². The Hall–Kier alpha value is -2.43. The minimum atomic E-state index is -1.32. The summed E-state index contributed by atoms with van der Waals surface area (Å²) >= 11 is 0. The molecule has 4 atom stereocenters. The molecule has 1 aliphatic rings. The van der Waals surface area contributed by atoms with E-state index in [9.17, 15) is 15.0 Å². The Balaban J connectivity index is 2.30. The molecule has 9 nitrogen and oxygen atoms in total. The van der Waals surface area contributed by atoms with Crippen LogP contribution in [0.3, 0.4) is 0 Å². The number of amides is 1. The fourth-order valence-corrected chi connectivity index (χ4v) is 2.37. The van der Waals surface area contributed by atoms with Crippen LogP contribution in [0, 0.1) is 23.2 Å². The molecule has 0 spiro atoms. The maximum Gasteiger partial charge on any atom is 0.270 e. The minimum absolute atomic E-state index is 0.0829. The van der Waals surface area contributed by atoms with Crippen LogP contribution in [0.15, 0.2) is 6.33 Å². The van der Waals surface area contributed by atoms with Crippen molar-refractivity contribution in [1.82, 2.24) is 9.55 Å². The molecule has 1 unspecified atom stereocenters. The summed E-state index contributed by atoms with van der Waals surface area (Å²) in [4.78, 5) is 15.4. The minimum Gasteiger partial charge on any atom is -0.394 e. The number of aromatic nitrogens is 2. The number of ether oxygens (including phenoxy) is 1. The number of unbranched alkanes of at least 4 members (excludes halogenated alkanes) is 2. The number of rotatable bonds is 5. The molecule has 128 valence electrons. The Morgan fingerprint density at radius 3 is 2.75 bits per heavy atom. The van der Waals surface area contributed by atoms with Crippen molar-refractivity contribution in [2.45, 2.75) is 43.8 Å². The average Bonchev–Trinajstić information content (AvgIpc) is 3.09. The zero-order chi connectivity index (χ0) is 17.7. The summed E-state index contributed by atoms with van der Waals surface area (Å²) in [5.74, 6) is 4.78. The lowest BCUT2D eigenvalue weighted by molar-refractivity contribution is -0.0531. The predicted octanol–water partition coefficient (Wildman–Crippen LogP) is -1.36. The molecule has 5 N–H and O–H groups in total. The molecule has 1 saturated heterocycles. The van der Waals surface area contributed by atoms with Gasteiger partial charge in [-0.15, -0.1) is 0 Å². The lowest BCUT2D eigenvalue weighted by atomic mass is 10.1. The van der Waals surface area contributed by atoms with E-state index in [1.807, 2.05) is 6.07 Å². The molecule has 0 aromatic carbocycles. The molecule has 24 heavy (non-hydrogen) atoms. The molecule has 1 aromatic rings. The first kappa shape index (κ1) is 17.9. The van der Waals surface area contributed by atoms with E-state index in [-0.39, 0.29) is 11.4 Å². The van der Waals surface area contributed by atoms with E-state index >= 15 is 0 Å². The number of hydrogen-bond acceptors (Lipinski definition) is 7.